The Morgan fingerprint density at radius 2 is 2.33 bits per heavy atom. The van der Waals surface area contributed by atoms with Crippen LogP contribution in [0.3, 0.4) is 0 Å². The van der Waals surface area contributed by atoms with Crippen molar-refractivity contribution in [2.24, 2.45) is 5.92 Å². The van der Waals surface area contributed by atoms with Crippen molar-refractivity contribution >= 4 is 17.5 Å². The number of methoxy groups -OCH3 is 1. The van der Waals surface area contributed by atoms with E-state index in [0.717, 1.165) is 12.8 Å². The summed E-state index contributed by atoms with van der Waals surface area (Å²) < 4.78 is 5.02. The minimum absolute atomic E-state index is 0.0262. The van der Waals surface area contributed by atoms with Gasteiger partial charge < -0.3 is 15.2 Å². The van der Waals surface area contributed by atoms with Crippen molar-refractivity contribution in [2.45, 2.75) is 18.2 Å². The maximum atomic E-state index is 11.9. The fourth-order valence-corrected chi connectivity index (χ4v) is 2.06. The number of amides is 1. The third-order valence-corrected chi connectivity index (χ3v) is 3.55. The molecule has 1 aromatic rings. The highest BCUT2D eigenvalue weighted by Gasteiger charge is 2.29. The third kappa shape index (κ3) is 3.07. The summed E-state index contributed by atoms with van der Waals surface area (Å²) in [6, 6.07) is 4.54. The number of rotatable bonds is 5. The van der Waals surface area contributed by atoms with E-state index in [1.54, 1.807) is 6.07 Å². The molecular weight excluding hydrogens is 254 g/mol. The molecule has 1 saturated carbocycles. The van der Waals surface area contributed by atoms with Crippen LogP contribution in [0.15, 0.2) is 18.2 Å². The SMILES string of the molecule is COc1ccc(O)c(C(=O)NCC(Cl)C2CC2)c1. The maximum Gasteiger partial charge on any atom is 0.255 e. The molecule has 2 N–H and O–H groups in total. The molecule has 98 valence electrons. The second-order valence-corrected chi connectivity index (χ2v) is 5.01. The average Bonchev–Trinajstić information content (AvgIpc) is 3.20. The molecule has 1 fully saturated rings. The molecule has 2 rings (SSSR count). The van der Waals surface area contributed by atoms with Gasteiger partial charge in [0.05, 0.1) is 18.1 Å². The molecule has 1 unspecified atom stereocenters. The van der Waals surface area contributed by atoms with Gasteiger partial charge in [-0.1, -0.05) is 0 Å². The zero-order valence-corrected chi connectivity index (χ0v) is 10.9. The summed E-state index contributed by atoms with van der Waals surface area (Å²) in [5.74, 6) is 0.650. The van der Waals surface area contributed by atoms with Crippen LogP contribution < -0.4 is 10.1 Å². The Balaban J connectivity index is 1.98. The number of phenolic OH excluding ortho intramolecular Hbond substituents is 1. The molecule has 18 heavy (non-hydrogen) atoms. The lowest BCUT2D eigenvalue weighted by atomic mass is 10.1. The molecule has 1 aliphatic rings. The van der Waals surface area contributed by atoms with E-state index in [2.05, 4.69) is 5.32 Å². The Hall–Kier alpha value is -1.42. The molecule has 1 amide bonds. The summed E-state index contributed by atoms with van der Waals surface area (Å²) in [6.45, 7) is 0.418. The van der Waals surface area contributed by atoms with E-state index in [4.69, 9.17) is 16.3 Å². The number of aromatic hydroxyl groups is 1. The molecule has 4 nitrogen and oxygen atoms in total. The van der Waals surface area contributed by atoms with Crippen LogP contribution in [0.2, 0.25) is 0 Å². The molecule has 0 heterocycles. The first-order chi connectivity index (χ1) is 8.61. The fraction of sp³-hybridized carbons (Fsp3) is 0.462. The number of hydrogen-bond acceptors (Lipinski definition) is 3. The molecule has 0 aromatic heterocycles. The van der Waals surface area contributed by atoms with Crippen LogP contribution in [-0.4, -0.2) is 30.0 Å². The molecule has 0 spiro atoms. The number of alkyl halides is 1. The van der Waals surface area contributed by atoms with Gasteiger partial charge in [0.2, 0.25) is 0 Å². The molecule has 0 aliphatic heterocycles. The number of carbonyl (C=O) groups is 1. The lowest BCUT2D eigenvalue weighted by Crippen LogP contribution is -2.30. The Morgan fingerprint density at radius 3 is 2.94 bits per heavy atom. The van der Waals surface area contributed by atoms with Crippen molar-refractivity contribution in [3.8, 4) is 11.5 Å². The lowest BCUT2D eigenvalue weighted by Gasteiger charge is -2.11. The number of carbonyl (C=O) groups excluding carboxylic acids is 1. The van der Waals surface area contributed by atoms with Gasteiger partial charge in [0.1, 0.15) is 11.5 Å². The van der Waals surface area contributed by atoms with Gasteiger partial charge in [0, 0.05) is 6.54 Å². The zero-order chi connectivity index (χ0) is 13.1. The molecule has 5 heteroatoms. The second-order valence-electron chi connectivity index (χ2n) is 4.45. The highest BCUT2D eigenvalue weighted by atomic mass is 35.5. The summed E-state index contributed by atoms with van der Waals surface area (Å²) in [7, 11) is 1.51. The van der Waals surface area contributed by atoms with Gasteiger partial charge in [0.25, 0.3) is 5.91 Å². The van der Waals surface area contributed by atoms with Gasteiger partial charge in [-0.15, -0.1) is 11.6 Å². The molecule has 1 aromatic carbocycles. The van der Waals surface area contributed by atoms with E-state index in [9.17, 15) is 9.90 Å². The van der Waals surface area contributed by atoms with Crippen molar-refractivity contribution in [3.63, 3.8) is 0 Å². The van der Waals surface area contributed by atoms with Gasteiger partial charge in [-0.05, 0) is 37.0 Å². The summed E-state index contributed by atoms with van der Waals surface area (Å²) in [5, 5.41) is 12.3. The standard InChI is InChI=1S/C13H16ClNO3/c1-18-9-4-5-12(16)10(6-9)13(17)15-7-11(14)8-2-3-8/h4-6,8,11,16H,2-3,7H2,1H3,(H,15,17). The van der Waals surface area contributed by atoms with Crippen molar-refractivity contribution in [1.29, 1.82) is 0 Å². The average molecular weight is 270 g/mol. The quantitative estimate of drug-likeness (QED) is 0.806. The van der Waals surface area contributed by atoms with Crippen LogP contribution in [-0.2, 0) is 0 Å². The van der Waals surface area contributed by atoms with E-state index in [1.807, 2.05) is 0 Å². The summed E-state index contributed by atoms with van der Waals surface area (Å²) in [6.07, 6.45) is 2.27. The van der Waals surface area contributed by atoms with Crippen molar-refractivity contribution < 1.29 is 14.6 Å². The fourth-order valence-electron chi connectivity index (χ4n) is 1.73. The maximum absolute atomic E-state index is 11.9. The number of hydrogen-bond donors (Lipinski definition) is 2. The predicted octanol–water partition coefficient (Wildman–Crippen LogP) is 2.15. The Bertz CT molecular complexity index is 446. The molecule has 0 bridgehead atoms. The van der Waals surface area contributed by atoms with Crippen molar-refractivity contribution in [1.82, 2.24) is 5.32 Å². The number of nitrogens with one attached hydrogen (secondary N) is 1. The molecule has 1 aliphatic carbocycles. The Labute approximate surface area is 111 Å². The molecule has 0 saturated heterocycles. The van der Waals surface area contributed by atoms with Crippen molar-refractivity contribution in [2.75, 3.05) is 13.7 Å². The summed E-state index contributed by atoms with van der Waals surface area (Å²) in [4.78, 5) is 11.9. The smallest absolute Gasteiger partial charge is 0.255 e. The van der Waals surface area contributed by atoms with Gasteiger partial charge in [-0.25, -0.2) is 0 Å². The van der Waals surface area contributed by atoms with Crippen LogP contribution in [0, 0.1) is 5.92 Å². The topological polar surface area (TPSA) is 58.6 Å². The number of halogens is 1. The van der Waals surface area contributed by atoms with Crippen LogP contribution in [0.1, 0.15) is 23.2 Å². The van der Waals surface area contributed by atoms with E-state index in [-0.39, 0.29) is 22.6 Å². The minimum atomic E-state index is -0.335. The monoisotopic (exact) mass is 269 g/mol. The third-order valence-electron chi connectivity index (χ3n) is 3.04. The first kappa shape index (κ1) is 13.0. The first-order valence-electron chi connectivity index (χ1n) is 5.91. The summed E-state index contributed by atoms with van der Waals surface area (Å²) >= 11 is 6.11. The van der Waals surface area contributed by atoms with E-state index in [0.29, 0.717) is 18.2 Å². The lowest BCUT2D eigenvalue weighted by molar-refractivity contribution is 0.0950. The summed E-state index contributed by atoms with van der Waals surface area (Å²) in [5.41, 5.74) is 0.203. The van der Waals surface area contributed by atoms with Gasteiger partial charge in [-0.2, -0.15) is 0 Å². The van der Waals surface area contributed by atoms with Crippen LogP contribution in [0.5, 0.6) is 11.5 Å². The highest BCUT2D eigenvalue weighted by Crippen LogP contribution is 2.35. The normalized spacial score (nSPS) is 16.1. The van der Waals surface area contributed by atoms with Crippen LogP contribution in [0.4, 0.5) is 0 Å². The largest absolute Gasteiger partial charge is 0.507 e. The Morgan fingerprint density at radius 1 is 1.61 bits per heavy atom. The second kappa shape index (κ2) is 5.48. The number of benzene rings is 1. The highest BCUT2D eigenvalue weighted by molar-refractivity contribution is 6.21. The zero-order valence-electron chi connectivity index (χ0n) is 10.1. The number of ether oxygens (including phenoxy) is 1. The van der Waals surface area contributed by atoms with Gasteiger partial charge in [0.15, 0.2) is 0 Å². The van der Waals surface area contributed by atoms with Crippen molar-refractivity contribution in [3.05, 3.63) is 23.8 Å². The van der Waals surface area contributed by atoms with Crippen LogP contribution >= 0.6 is 11.6 Å². The molecular formula is C13H16ClNO3. The molecule has 1 atom stereocenters. The predicted molar refractivity (Wildman–Crippen MR) is 69.4 cm³/mol. The minimum Gasteiger partial charge on any atom is -0.507 e. The molecule has 0 radical (unpaired) electrons. The van der Waals surface area contributed by atoms with Crippen LogP contribution in [0.25, 0.3) is 0 Å². The van der Waals surface area contributed by atoms with Gasteiger partial charge in [-0.3, -0.25) is 4.79 Å². The van der Waals surface area contributed by atoms with E-state index >= 15 is 0 Å². The first-order valence-corrected chi connectivity index (χ1v) is 6.34. The van der Waals surface area contributed by atoms with Gasteiger partial charge >= 0.3 is 0 Å². The Kier molecular flexibility index (Phi) is 3.97. The number of phenols is 1. The van der Waals surface area contributed by atoms with E-state index < -0.39 is 0 Å². The van der Waals surface area contributed by atoms with E-state index in [1.165, 1.54) is 19.2 Å².